The highest BCUT2D eigenvalue weighted by molar-refractivity contribution is 7.89. The molecule has 160 valence electrons. The third-order valence-electron chi connectivity index (χ3n) is 3.84. The number of nitrogens with one attached hydrogen (secondary N) is 1. The Labute approximate surface area is 172 Å². The van der Waals surface area contributed by atoms with Gasteiger partial charge in [-0.05, 0) is 29.8 Å². The van der Waals surface area contributed by atoms with Crippen LogP contribution in [-0.4, -0.2) is 36.7 Å². The number of aromatic nitrogens is 2. The lowest BCUT2D eigenvalue weighted by Crippen LogP contribution is -2.30. The summed E-state index contributed by atoms with van der Waals surface area (Å²) in [6.45, 7) is 0.0316. The quantitative estimate of drug-likeness (QED) is 0.583. The van der Waals surface area contributed by atoms with E-state index in [0.717, 1.165) is 24.6 Å². The van der Waals surface area contributed by atoms with Crippen LogP contribution in [0.25, 0.3) is 10.9 Å². The van der Waals surface area contributed by atoms with Gasteiger partial charge in [0.05, 0.1) is 40.5 Å². The van der Waals surface area contributed by atoms with Gasteiger partial charge in [0.15, 0.2) is 0 Å². The van der Waals surface area contributed by atoms with Gasteiger partial charge in [-0.3, -0.25) is 9.48 Å². The minimum absolute atomic E-state index is 0.0316. The molecule has 1 N–H and O–H groups in total. The standard InChI is InChI=1S/C17H12ClF4N3O4S/c1-30(27,28)24-16(26)10-3-4-13-11(15(10)19)7-23-25(13)8-9-2-5-14(12(18)6-9)29-17(20,21)22/h2-7H,8H2,1H3,(H,24,26). The molecule has 13 heteroatoms. The third-order valence-corrected chi connectivity index (χ3v) is 4.69. The van der Waals surface area contributed by atoms with Crippen molar-refractivity contribution in [2.24, 2.45) is 0 Å². The number of fused-ring (bicyclic) bond motifs is 1. The second-order valence-electron chi connectivity index (χ2n) is 6.18. The smallest absolute Gasteiger partial charge is 0.404 e. The number of rotatable bonds is 5. The third kappa shape index (κ3) is 5.00. The van der Waals surface area contributed by atoms with Gasteiger partial charge in [-0.2, -0.15) is 5.10 Å². The summed E-state index contributed by atoms with van der Waals surface area (Å²) in [4.78, 5) is 11.9. The highest BCUT2D eigenvalue weighted by atomic mass is 35.5. The van der Waals surface area contributed by atoms with Crippen LogP contribution < -0.4 is 9.46 Å². The highest BCUT2D eigenvalue weighted by Gasteiger charge is 2.32. The van der Waals surface area contributed by atoms with E-state index in [4.69, 9.17) is 11.6 Å². The molecule has 0 bridgehead atoms. The van der Waals surface area contributed by atoms with E-state index in [1.165, 1.54) is 22.9 Å². The molecule has 2 aromatic carbocycles. The van der Waals surface area contributed by atoms with E-state index < -0.39 is 39.4 Å². The summed E-state index contributed by atoms with van der Waals surface area (Å²) < 4.78 is 80.8. The average Bonchev–Trinajstić information content (AvgIpc) is 2.99. The number of carbonyl (C=O) groups excluding carboxylic acids is 1. The number of ether oxygens (including phenoxy) is 1. The number of alkyl halides is 3. The topological polar surface area (TPSA) is 90.3 Å². The van der Waals surface area contributed by atoms with Gasteiger partial charge in [-0.25, -0.2) is 17.5 Å². The minimum atomic E-state index is -4.89. The Morgan fingerprint density at radius 3 is 2.57 bits per heavy atom. The maximum Gasteiger partial charge on any atom is 0.573 e. The van der Waals surface area contributed by atoms with Gasteiger partial charge in [-0.1, -0.05) is 17.7 Å². The summed E-state index contributed by atoms with van der Waals surface area (Å²) in [5.74, 6) is -2.66. The molecular formula is C17H12ClF4N3O4S. The van der Waals surface area contributed by atoms with E-state index in [1.54, 1.807) is 4.72 Å². The van der Waals surface area contributed by atoms with E-state index in [-0.39, 0.29) is 22.5 Å². The molecule has 3 rings (SSSR count). The summed E-state index contributed by atoms with van der Waals surface area (Å²) in [6.07, 6.45) is -2.98. The second-order valence-corrected chi connectivity index (χ2v) is 8.33. The molecule has 1 aromatic heterocycles. The predicted octanol–water partition coefficient (Wildman–Crippen LogP) is 3.47. The van der Waals surface area contributed by atoms with Crippen molar-refractivity contribution in [1.29, 1.82) is 0 Å². The zero-order valence-corrected chi connectivity index (χ0v) is 16.6. The van der Waals surface area contributed by atoms with Crippen LogP contribution in [0.15, 0.2) is 36.5 Å². The summed E-state index contributed by atoms with van der Waals surface area (Å²) in [5.41, 5.74) is 0.248. The molecule has 1 heterocycles. The fourth-order valence-corrected chi connectivity index (χ4v) is 3.36. The molecule has 3 aromatic rings. The van der Waals surface area contributed by atoms with Crippen LogP contribution >= 0.6 is 11.6 Å². The molecule has 0 spiro atoms. The Morgan fingerprint density at radius 1 is 1.27 bits per heavy atom. The highest BCUT2D eigenvalue weighted by Crippen LogP contribution is 2.31. The SMILES string of the molecule is CS(=O)(=O)NC(=O)c1ccc2c(cnn2Cc2ccc(OC(F)(F)F)c(Cl)c2)c1F. The van der Waals surface area contributed by atoms with Gasteiger partial charge in [0.1, 0.15) is 11.6 Å². The number of carbonyl (C=O) groups is 1. The molecule has 0 saturated carbocycles. The first kappa shape index (κ1) is 21.8. The number of halogens is 5. The van der Waals surface area contributed by atoms with Gasteiger partial charge >= 0.3 is 6.36 Å². The van der Waals surface area contributed by atoms with Crippen molar-refractivity contribution in [3.8, 4) is 5.75 Å². The summed E-state index contributed by atoms with van der Waals surface area (Å²) in [5, 5.41) is 3.70. The van der Waals surface area contributed by atoms with E-state index in [1.807, 2.05) is 0 Å². The van der Waals surface area contributed by atoms with Crippen molar-refractivity contribution in [3.05, 3.63) is 58.5 Å². The Morgan fingerprint density at radius 2 is 1.97 bits per heavy atom. The monoisotopic (exact) mass is 465 g/mol. The Kier molecular flexibility index (Phi) is 5.65. The largest absolute Gasteiger partial charge is 0.573 e. The normalized spacial score (nSPS) is 12.2. The van der Waals surface area contributed by atoms with Crippen molar-refractivity contribution in [1.82, 2.24) is 14.5 Å². The first-order valence-corrected chi connectivity index (χ1v) is 10.3. The fraction of sp³-hybridized carbons (Fsp3) is 0.176. The molecular weight excluding hydrogens is 454 g/mol. The van der Waals surface area contributed by atoms with Crippen LogP contribution in [0.3, 0.4) is 0 Å². The Bertz CT molecular complexity index is 1240. The minimum Gasteiger partial charge on any atom is -0.404 e. The molecule has 0 fully saturated rings. The van der Waals surface area contributed by atoms with Crippen molar-refractivity contribution in [3.63, 3.8) is 0 Å². The van der Waals surface area contributed by atoms with Gasteiger partial charge in [0, 0.05) is 0 Å². The lowest BCUT2D eigenvalue weighted by atomic mass is 10.1. The molecule has 0 unspecified atom stereocenters. The molecule has 0 radical (unpaired) electrons. The number of benzene rings is 2. The number of sulfonamides is 1. The number of hydrogen-bond acceptors (Lipinski definition) is 5. The molecule has 0 aliphatic carbocycles. The molecule has 30 heavy (non-hydrogen) atoms. The molecule has 7 nitrogen and oxygen atoms in total. The average molecular weight is 466 g/mol. The van der Waals surface area contributed by atoms with E-state index >= 15 is 0 Å². The lowest BCUT2D eigenvalue weighted by molar-refractivity contribution is -0.274. The predicted molar refractivity (Wildman–Crippen MR) is 99.2 cm³/mol. The van der Waals surface area contributed by atoms with E-state index in [9.17, 15) is 30.8 Å². The van der Waals surface area contributed by atoms with Crippen LogP contribution in [0, 0.1) is 5.82 Å². The van der Waals surface area contributed by atoms with Crippen molar-refractivity contribution in [2.45, 2.75) is 12.9 Å². The first-order chi connectivity index (χ1) is 13.8. The Balaban J connectivity index is 1.89. The zero-order valence-electron chi connectivity index (χ0n) is 15.0. The number of hydrogen-bond donors (Lipinski definition) is 1. The maximum absolute atomic E-state index is 14.7. The molecule has 0 saturated heterocycles. The molecule has 0 aliphatic heterocycles. The molecule has 0 aliphatic rings. The van der Waals surface area contributed by atoms with E-state index in [0.29, 0.717) is 5.56 Å². The van der Waals surface area contributed by atoms with Crippen LogP contribution in [0.1, 0.15) is 15.9 Å². The van der Waals surface area contributed by atoms with Gasteiger partial charge in [-0.15, -0.1) is 13.2 Å². The number of nitrogens with zero attached hydrogens (tertiary/aromatic N) is 2. The van der Waals surface area contributed by atoms with E-state index in [2.05, 4.69) is 9.84 Å². The van der Waals surface area contributed by atoms with Crippen molar-refractivity contribution in [2.75, 3.05) is 6.26 Å². The molecule has 0 atom stereocenters. The fourth-order valence-electron chi connectivity index (χ4n) is 2.67. The van der Waals surface area contributed by atoms with Crippen LogP contribution in [0.4, 0.5) is 17.6 Å². The van der Waals surface area contributed by atoms with Crippen LogP contribution in [0.5, 0.6) is 5.75 Å². The second kappa shape index (κ2) is 7.76. The van der Waals surface area contributed by atoms with Crippen molar-refractivity contribution >= 4 is 38.4 Å². The van der Waals surface area contributed by atoms with Crippen LogP contribution in [-0.2, 0) is 16.6 Å². The zero-order chi connectivity index (χ0) is 22.3. The molecule has 1 amide bonds. The first-order valence-electron chi connectivity index (χ1n) is 8.04. The van der Waals surface area contributed by atoms with Crippen LogP contribution in [0.2, 0.25) is 5.02 Å². The van der Waals surface area contributed by atoms with Crippen molar-refractivity contribution < 1.29 is 35.5 Å². The van der Waals surface area contributed by atoms with Gasteiger partial charge in [0.2, 0.25) is 10.0 Å². The summed E-state index contributed by atoms with van der Waals surface area (Å²) in [6, 6.07) is 6.10. The Hall–Kier alpha value is -2.86. The lowest BCUT2D eigenvalue weighted by Gasteiger charge is -2.12. The summed E-state index contributed by atoms with van der Waals surface area (Å²) >= 11 is 5.82. The van der Waals surface area contributed by atoms with Gasteiger partial charge in [0.25, 0.3) is 5.91 Å². The summed E-state index contributed by atoms with van der Waals surface area (Å²) in [7, 11) is -3.88. The maximum atomic E-state index is 14.7. The van der Waals surface area contributed by atoms with Gasteiger partial charge < -0.3 is 4.74 Å². The number of amides is 1.